The summed E-state index contributed by atoms with van der Waals surface area (Å²) in [6.07, 6.45) is 48.1. The van der Waals surface area contributed by atoms with Crippen molar-refractivity contribution in [3.8, 4) is 0 Å². The van der Waals surface area contributed by atoms with Crippen molar-refractivity contribution in [1.29, 1.82) is 0 Å². The Kier molecular flexibility index (Phi) is 35.0. The van der Waals surface area contributed by atoms with Crippen LogP contribution in [-0.4, -0.2) is 38.6 Å². The lowest BCUT2D eigenvalue weighted by atomic mass is 10.0. The molecule has 45 heavy (non-hydrogen) atoms. The van der Waals surface area contributed by atoms with E-state index in [1.54, 1.807) is 0 Å². The molecule has 2 atom stereocenters. The van der Waals surface area contributed by atoms with Crippen molar-refractivity contribution >= 4 is 0 Å². The Hall–Kier alpha value is -0.120. The third-order valence-corrected chi connectivity index (χ3v) is 10.1. The molecule has 0 N–H and O–H groups in total. The first-order valence-electron chi connectivity index (χ1n) is 21.2. The summed E-state index contributed by atoms with van der Waals surface area (Å²) < 4.78 is 18.1. The second-order valence-electron chi connectivity index (χ2n) is 14.7. The van der Waals surface area contributed by atoms with E-state index in [0.717, 1.165) is 39.3 Å². The summed E-state index contributed by atoms with van der Waals surface area (Å²) >= 11 is 0. The van der Waals surface area contributed by atoms with Crippen molar-refractivity contribution in [3.63, 3.8) is 0 Å². The van der Waals surface area contributed by atoms with Gasteiger partial charge in [0.05, 0.1) is 25.4 Å². The average Bonchev–Trinajstić information content (AvgIpc) is 3.51. The molecule has 0 unspecified atom stereocenters. The zero-order valence-electron chi connectivity index (χ0n) is 31.2. The highest BCUT2D eigenvalue weighted by atomic mass is 16.6. The maximum absolute atomic E-state index is 6.18. The van der Waals surface area contributed by atoms with Crippen molar-refractivity contribution < 1.29 is 14.2 Å². The molecule has 0 amide bonds. The van der Waals surface area contributed by atoms with Crippen molar-refractivity contribution in [3.05, 3.63) is 0 Å². The highest BCUT2D eigenvalue weighted by Crippen LogP contribution is 2.21. The van der Waals surface area contributed by atoms with Crippen LogP contribution in [0, 0.1) is 0 Å². The van der Waals surface area contributed by atoms with Crippen LogP contribution in [0.2, 0.25) is 0 Å². The number of hydrogen-bond donors (Lipinski definition) is 0. The van der Waals surface area contributed by atoms with Gasteiger partial charge in [-0.05, 0) is 25.7 Å². The maximum Gasteiger partial charge on any atom is 0.0814 e. The quantitative estimate of drug-likeness (QED) is 0.0631. The second kappa shape index (κ2) is 36.7. The zero-order valence-corrected chi connectivity index (χ0v) is 31.2. The van der Waals surface area contributed by atoms with Crippen LogP contribution in [0.1, 0.15) is 232 Å². The minimum absolute atomic E-state index is 0.287. The Balaban J connectivity index is 1.71. The van der Waals surface area contributed by atoms with E-state index in [2.05, 4.69) is 13.8 Å². The van der Waals surface area contributed by atoms with Crippen molar-refractivity contribution in [2.75, 3.05) is 26.4 Å². The van der Waals surface area contributed by atoms with Crippen LogP contribution in [0.5, 0.6) is 0 Å². The first kappa shape index (κ1) is 42.9. The van der Waals surface area contributed by atoms with Gasteiger partial charge in [0.25, 0.3) is 0 Å². The SMILES string of the molecule is CCCCCCCCCCCCCCCCCCOC[C@H]1CC[C@@H](COCCCCCCCCCCCCCCCCCC)O1. The molecule has 0 aliphatic carbocycles. The van der Waals surface area contributed by atoms with E-state index in [9.17, 15) is 0 Å². The fraction of sp³-hybridized carbons (Fsp3) is 1.00. The predicted octanol–water partition coefficient (Wildman–Crippen LogP) is 14.1. The maximum atomic E-state index is 6.18. The minimum atomic E-state index is 0.287. The summed E-state index contributed by atoms with van der Waals surface area (Å²) in [6, 6.07) is 0. The van der Waals surface area contributed by atoms with Gasteiger partial charge in [-0.1, -0.05) is 206 Å². The molecule has 1 fully saturated rings. The molecule has 0 aromatic carbocycles. The molecule has 3 heteroatoms. The molecule has 1 aliphatic rings. The highest BCUT2D eigenvalue weighted by molar-refractivity contribution is 4.73. The van der Waals surface area contributed by atoms with Gasteiger partial charge in [0.15, 0.2) is 0 Å². The fourth-order valence-electron chi connectivity index (χ4n) is 6.96. The van der Waals surface area contributed by atoms with E-state index in [-0.39, 0.29) is 12.2 Å². The topological polar surface area (TPSA) is 27.7 Å². The molecule has 1 saturated heterocycles. The van der Waals surface area contributed by atoms with Gasteiger partial charge in [0.2, 0.25) is 0 Å². The van der Waals surface area contributed by atoms with Crippen LogP contribution in [0.4, 0.5) is 0 Å². The Bertz CT molecular complexity index is 492. The van der Waals surface area contributed by atoms with Crippen LogP contribution in [0.15, 0.2) is 0 Å². The average molecular weight is 637 g/mol. The van der Waals surface area contributed by atoms with Gasteiger partial charge in [-0.25, -0.2) is 0 Å². The van der Waals surface area contributed by atoms with Gasteiger partial charge in [0, 0.05) is 13.2 Å². The largest absolute Gasteiger partial charge is 0.379 e. The molecule has 0 aromatic rings. The van der Waals surface area contributed by atoms with E-state index in [4.69, 9.17) is 14.2 Å². The molecule has 3 nitrogen and oxygen atoms in total. The van der Waals surface area contributed by atoms with E-state index in [1.165, 1.54) is 205 Å². The van der Waals surface area contributed by atoms with Gasteiger partial charge < -0.3 is 14.2 Å². The van der Waals surface area contributed by atoms with Crippen molar-refractivity contribution in [1.82, 2.24) is 0 Å². The van der Waals surface area contributed by atoms with Gasteiger partial charge >= 0.3 is 0 Å². The van der Waals surface area contributed by atoms with Crippen LogP contribution in [0.25, 0.3) is 0 Å². The molecule has 0 spiro atoms. The first-order chi connectivity index (χ1) is 22.4. The first-order valence-corrected chi connectivity index (χ1v) is 21.2. The summed E-state index contributed by atoms with van der Waals surface area (Å²) in [4.78, 5) is 0. The fourth-order valence-corrected chi connectivity index (χ4v) is 6.96. The van der Waals surface area contributed by atoms with E-state index < -0.39 is 0 Å². The Morgan fingerprint density at radius 1 is 0.333 bits per heavy atom. The summed E-state index contributed by atoms with van der Waals surface area (Å²) in [5, 5.41) is 0. The van der Waals surface area contributed by atoms with Gasteiger partial charge in [0.1, 0.15) is 0 Å². The van der Waals surface area contributed by atoms with Crippen LogP contribution in [0.3, 0.4) is 0 Å². The van der Waals surface area contributed by atoms with Gasteiger partial charge in [-0.2, -0.15) is 0 Å². The molecule has 0 bridgehead atoms. The lowest BCUT2D eigenvalue weighted by Crippen LogP contribution is -2.20. The lowest BCUT2D eigenvalue weighted by molar-refractivity contribution is -0.0460. The number of unbranched alkanes of at least 4 members (excludes halogenated alkanes) is 30. The Morgan fingerprint density at radius 3 is 0.800 bits per heavy atom. The number of ether oxygens (including phenoxy) is 3. The smallest absolute Gasteiger partial charge is 0.0814 e. The second-order valence-corrected chi connectivity index (χ2v) is 14.7. The van der Waals surface area contributed by atoms with Crippen LogP contribution >= 0.6 is 0 Å². The number of rotatable bonds is 38. The van der Waals surface area contributed by atoms with E-state index >= 15 is 0 Å². The van der Waals surface area contributed by atoms with Crippen molar-refractivity contribution in [2.45, 2.75) is 244 Å². The standard InChI is InChI=1S/C42H84O3/c1-3-5-7-9-11-13-15-17-19-21-23-25-27-29-31-33-37-43-39-41-35-36-42(45-41)40-44-38-34-32-30-28-26-24-22-20-18-16-14-12-10-8-6-4-2/h41-42H,3-40H2,1-2H3/t41-,42+. The zero-order chi connectivity index (χ0) is 32.1. The molecule has 0 radical (unpaired) electrons. The van der Waals surface area contributed by atoms with Crippen LogP contribution < -0.4 is 0 Å². The van der Waals surface area contributed by atoms with Gasteiger partial charge in [-0.15, -0.1) is 0 Å². The van der Waals surface area contributed by atoms with Crippen LogP contribution in [-0.2, 0) is 14.2 Å². The summed E-state index contributed by atoms with van der Waals surface area (Å²) in [5.74, 6) is 0. The molecule has 270 valence electrons. The third kappa shape index (κ3) is 32.2. The third-order valence-electron chi connectivity index (χ3n) is 10.1. The monoisotopic (exact) mass is 637 g/mol. The molecular formula is C42H84O3. The van der Waals surface area contributed by atoms with Gasteiger partial charge in [-0.3, -0.25) is 0 Å². The highest BCUT2D eigenvalue weighted by Gasteiger charge is 2.25. The summed E-state index contributed by atoms with van der Waals surface area (Å²) in [6.45, 7) is 7.95. The molecule has 1 rings (SSSR count). The lowest BCUT2D eigenvalue weighted by Gasteiger charge is -2.14. The molecular weight excluding hydrogens is 552 g/mol. The summed E-state index contributed by atoms with van der Waals surface area (Å²) in [5.41, 5.74) is 0. The minimum Gasteiger partial charge on any atom is -0.379 e. The van der Waals surface area contributed by atoms with E-state index in [1.807, 2.05) is 0 Å². The summed E-state index contributed by atoms with van der Waals surface area (Å²) in [7, 11) is 0. The number of hydrogen-bond acceptors (Lipinski definition) is 3. The molecule has 1 heterocycles. The van der Waals surface area contributed by atoms with Crippen molar-refractivity contribution in [2.24, 2.45) is 0 Å². The van der Waals surface area contributed by atoms with E-state index in [0.29, 0.717) is 0 Å². The predicted molar refractivity (Wildman–Crippen MR) is 199 cm³/mol. The Morgan fingerprint density at radius 2 is 0.556 bits per heavy atom. The Labute approximate surface area is 284 Å². The normalized spacial score (nSPS) is 16.7. The molecule has 1 aliphatic heterocycles. The molecule has 0 saturated carbocycles. The molecule has 0 aromatic heterocycles.